The molecule has 0 bridgehead atoms. The quantitative estimate of drug-likeness (QED) is 0.513. The zero-order valence-electron chi connectivity index (χ0n) is 8.36. The molecule has 0 aromatic carbocycles. The van der Waals surface area contributed by atoms with Gasteiger partial charge in [-0.05, 0) is 12.8 Å². The van der Waals surface area contributed by atoms with Crippen LogP contribution in [0.1, 0.15) is 12.8 Å². The van der Waals surface area contributed by atoms with Crippen molar-refractivity contribution in [2.75, 3.05) is 32.6 Å². The summed E-state index contributed by atoms with van der Waals surface area (Å²) in [5.74, 6) is 0. The summed E-state index contributed by atoms with van der Waals surface area (Å²) in [5, 5.41) is 3.21. The van der Waals surface area contributed by atoms with Gasteiger partial charge in [0.15, 0.2) is 0 Å². The fourth-order valence-corrected chi connectivity index (χ4v) is 1.75. The molecule has 0 saturated carbocycles. The smallest absolute Gasteiger partial charge is 0.264 e. The highest BCUT2D eigenvalue weighted by Gasteiger charge is 2.12. The fourth-order valence-electron chi connectivity index (χ4n) is 1.33. The standard InChI is InChI=1S/C8H17NO4S/c1-14(10,11)13-5-2-3-8-7-9-4-6-12-8/h8-9H,2-7H2,1H3. The molecular formula is C8H17NO4S. The molecule has 0 aliphatic carbocycles. The monoisotopic (exact) mass is 223 g/mol. The molecule has 14 heavy (non-hydrogen) atoms. The zero-order valence-corrected chi connectivity index (χ0v) is 9.18. The summed E-state index contributed by atoms with van der Waals surface area (Å²) >= 11 is 0. The van der Waals surface area contributed by atoms with Crippen LogP contribution in [-0.2, 0) is 19.0 Å². The average molecular weight is 223 g/mol. The van der Waals surface area contributed by atoms with Crippen LogP contribution in [0.4, 0.5) is 0 Å². The van der Waals surface area contributed by atoms with Gasteiger partial charge in [-0.25, -0.2) is 0 Å². The third kappa shape index (κ3) is 5.54. The van der Waals surface area contributed by atoms with Crippen LogP contribution in [0.3, 0.4) is 0 Å². The van der Waals surface area contributed by atoms with E-state index in [4.69, 9.17) is 4.74 Å². The maximum atomic E-state index is 10.6. The lowest BCUT2D eigenvalue weighted by Crippen LogP contribution is -2.38. The van der Waals surface area contributed by atoms with Gasteiger partial charge in [-0.3, -0.25) is 4.18 Å². The highest BCUT2D eigenvalue weighted by atomic mass is 32.2. The second-order valence-electron chi connectivity index (χ2n) is 3.37. The second-order valence-corrected chi connectivity index (χ2v) is 5.01. The molecule has 1 atom stereocenters. The van der Waals surface area contributed by atoms with Crippen LogP contribution in [0.2, 0.25) is 0 Å². The molecule has 5 nitrogen and oxygen atoms in total. The largest absolute Gasteiger partial charge is 0.376 e. The molecule has 1 aliphatic heterocycles. The molecule has 0 aromatic heterocycles. The summed E-state index contributed by atoms with van der Waals surface area (Å²) < 4.78 is 31.3. The first-order valence-corrected chi connectivity index (χ1v) is 6.56. The van der Waals surface area contributed by atoms with Crippen LogP contribution in [-0.4, -0.2) is 47.1 Å². The molecule has 1 saturated heterocycles. The van der Waals surface area contributed by atoms with Crippen molar-refractivity contribution in [3.8, 4) is 0 Å². The number of hydrogen-bond acceptors (Lipinski definition) is 5. The highest BCUT2D eigenvalue weighted by molar-refractivity contribution is 7.85. The maximum Gasteiger partial charge on any atom is 0.264 e. The maximum absolute atomic E-state index is 10.6. The molecule has 0 radical (unpaired) electrons. The summed E-state index contributed by atoms with van der Waals surface area (Å²) in [7, 11) is -3.28. The van der Waals surface area contributed by atoms with Gasteiger partial charge >= 0.3 is 0 Å². The average Bonchev–Trinajstić information content (AvgIpc) is 2.13. The van der Waals surface area contributed by atoms with Gasteiger partial charge in [0.05, 0.1) is 25.6 Å². The summed E-state index contributed by atoms with van der Waals surface area (Å²) in [4.78, 5) is 0. The van der Waals surface area contributed by atoms with E-state index in [1.807, 2.05) is 0 Å². The first-order valence-electron chi connectivity index (χ1n) is 4.74. The Labute approximate surface area is 84.9 Å². The van der Waals surface area contributed by atoms with Crippen molar-refractivity contribution in [2.24, 2.45) is 0 Å². The number of nitrogens with one attached hydrogen (secondary N) is 1. The summed E-state index contributed by atoms with van der Waals surface area (Å²) in [5.41, 5.74) is 0. The minimum absolute atomic E-state index is 0.201. The van der Waals surface area contributed by atoms with Crippen molar-refractivity contribution < 1.29 is 17.3 Å². The lowest BCUT2D eigenvalue weighted by atomic mass is 10.2. The predicted molar refractivity (Wildman–Crippen MR) is 52.6 cm³/mol. The van der Waals surface area contributed by atoms with Crippen LogP contribution in [0.5, 0.6) is 0 Å². The van der Waals surface area contributed by atoms with Gasteiger partial charge in [0.2, 0.25) is 0 Å². The Hall–Kier alpha value is -0.170. The van der Waals surface area contributed by atoms with Crippen LogP contribution < -0.4 is 5.32 Å². The van der Waals surface area contributed by atoms with Crippen LogP contribution >= 0.6 is 0 Å². The van der Waals surface area contributed by atoms with E-state index in [1.54, 1.807) is 0 Å². The van der Waals surface area contributed by atoms with Gasteiger partial charge in [-0.1, -0.05) is 0 Å². The molecule has 0 amide bonds. The van der Waals surface area contributed by atoms with E-state index in [0.29, 0.717) is 6.42 Å². The topological polar surface area (TPSA) is 64.6 Å². The Morgan fingerprint density at radius 1 is 1.57 bits per heavy atom. The summed E-state index contributed by atoms with van der Waals surface area (Å²) in [6.07, 6.45) is 2.81. The van der Waals surface area contributed by atoms with Gasteiger partial charge in [0, 0.05) is 13.1 Å². The third-order valence-electron chi connectivity index (χ3n) is 1.97. The zero-order chi connectivity index (χ0) is 10.4. The SMILES string of the molecule is CS(=O)(=O)OCCCC1CNCCO1. The predicted octanol–water partition coefficient (Wildman–Crippen LogP) is -0.269. The molecular weight excluding hydrogens is 206 g/mol. The Morgan fingerprint density at radius 3 is 2.93 bits per heavy atom. The van der Waals surface area contributed by atoms with Gasteiger partial charge in [-0.2, -0.15) is 8.42 Å². The van der Waals surface area contributed by atoms with Crippen molar-refractivity contribution >= 4 is 10.1 Å². The van der Waals surface area contributed by atoms with E-state index in [2.05, 4.69) is 9.50 Å². The van der Waals surface area contributed by atoms with Crippen molar-refractivity contribution in [1.82, 2.24) is 5.32 Å². The van der Waals surface area contributed by atoms with E-state index in [0.717, 1.165) is 32.4 Å². The number of rotatable bonds is 5. The Kier molecular flexibility index (Phi) is 4.80. The Balaban J connectivity index is 2.03. The third-order valence-corrected chi connectivity index (χ3v) is 2.57. The van der Waals surface area contributed by atoms with E-state index in [-0.39, 0.29) is 12.7 Å². The Morgan fingerprint density at radius 2 is 2.36 bits per heavy atom. The molecule has 0 aromatic rings. The van der Waals surface area contributed by atoms with Gasteiger partial charge < -0.3 is 10.1 Å². The first kappa shape index (κ1) is 11.9. The van der Waals surface area contributed by atoms with E-state index in [9.17, 15) is 8.42 Å². The molecule has 1 heterocycles. The van der Waals surface area contributed by atoms with E-state index < -0.39 is 10.1 Å². The molecule has 1 unspecified atom stereocenters. The molecule has 1 aliphatic rings. The summed E-state index contributed by atoms with van der Waals surface area (Å²) in [6.45, 7) is 2.73. The van der Waals surface area contributed by atoms with Crippen molar-refractivity contribution in [2.45, 2.75) is 18.9 Å². The van der Waals surface area contributed by atoms with Crippen LogP contribution in [0.25, 0.3) is 0 Å². The molecule has 1 rings (SSSR count). The normalized spacial score (nSPS) is 23.6. The van der Waals surface area contributed by atoms with Crippen molar-refractivity contribution in [1.29, 1.82) is 0 Å². The minimum atomic E-state index is -3.28. The van der Waals surface area contributed by atoms with Crippen LogP contribution in [0, 0.1) is 0 Å². The van der Waals surface area contributed by atoms with E-state index in [1.165, 1.54) is 0 Å². The second kappa shape index (κ2) is 5.65. The first-order chi connectivity index (χ1) is 6.58. The molecule has 84 valence electrons. The lowest BCUT2D eigenvalue weighted by Gasteiger charge is -2.23. The van der Waals surface area contributed by atoms with Gasteiger partial charge in [-0.15, -0.1) is 0 Å². The summed E-state index contributed by atoms with van der Waals surface area (Å²) in [6, 6.07) is 0. The lowest BCUT2D eigenvalue weighted by molar-refractivity contribution is 0.0205. The molecule has 1 N–H and O–H groups in total. The van der Waals surface area contributed by atoms with Crippen LogP contribution in [0.15, 0.2) is 0 Å². The van der Waals surface area contributed by atoms with Gasteiger partial charge in [0.25, 0.3) is 10.1 Å². The number of hydrogen-bond donors (Lipinski definition) is 1. The highest BCUT2D eigenvalue weighted by Crippen LogP contribution is 2.05. The molecule has 1 fully saturated rings. The Bertz CT molecular complexity index is 246. The number of ether oxygens (including phenoxy) is 1. The number of morpholine rings is 1. The van der Waals surface area contributed by atoms with Gasteiger partial charge in [0.1, 0.15) is 0 Å². The fraction of sp³-hybridized carbons (Fsp3) is 1.00. The van der Waals surface area contributed by atoms with Crippen molar-refractivity contribution in [3.63, 3.8) is 0 Å². The molecule has 6 heteroatoms. The minimum Gasteiger partial charge on any atom is -0.376 e. The molecule has 0 spiro atoms. The van der Waals surface area contributed by atoms with Crippen molar-refractivity contribution in [3.05, 3.63) is 0 Å². The van der Waals surface area contributed by atoms with E-state index >= 15 is 0 Å².